The van der Waals surface area contributed by atoms with E-state index in [-0.39, 0.29) is 34.8 Å². The number of benzene rings is 3. The summed E-state index contributed by atoms with van der Waals surface area (Å²) in [7, 11) is 1.48. The van der Waals surface area contributed by atoms with E-state index in [0.29, 0.717) is 17.0 Å². The van der Waals surface area contributed by atoms with Crippen molar-refractivity contribution in [1.82, 2.24) is 10.7 Å². The predicted molar refractivity (Wildman–Crippen MR) is 152 cm³/mol. The number of hydrogen-bond acceptors (Lipinski definition) is 6. The number of carbonyl (C=O) groups excluding carboxylic acids is 3. The molecule has 0 aliphatic heterocycles. The van der Waals surface area contributed by atoms with Crippen LogP contribution in [0.15, 0.2) is 71.8 Å². The van der Waals surface area contributed by atoms with E-state index < -0.39 is 17.9 Å². The van der Waals surface area contributed by atoms with Crippen LogP contribution < -0.4 is 25.5 Å². The highest BCUT2D eigenvalue weighted by atomic mass is 35.5. The van der Waals surface area contributed by atoms with Crippen molar-refractivity contribution in [2.45, 2.75) is 26.8 Å². The lowest BCUT2D eigenvalue weighted by Gasteiger charge is -2.20. The van der Waals surface area contributed by atoms with Gasteiger partial charge in [-0.25, -0.2) is 5.43 Å². The van der Waals surface area contributed by atoms with Gasteiger partial charge in [-0.2, -0.15) is 5.10 Å². The lowest BCUT2D eigenvalue weighted by Crippen LogP contribution is -2.48. The van der Waals surface area contributed by atoms with Crippen LogP contribution in [0.2, 0.25) is 5.02 Å². The van der Waals surface area contributed by atoms with Crippen molar-refractivity contribution in [3.8, 4) is 11.5 Å². The Labute approximate surface area is 232 Å². The summed E-state index contributed by atoms with van der Waals surface area (Å²) in [5.41, 5.74) is 4.93. The van der Waals surface area contributed by atoms with Gasteiger partial charge in [-0.05, 0) is 49.2 Å². The molecule has 0 fully saturated rings. The van der Waals surface area contributed by atoms with Gasteiger partial charge in [-0.1, -0.05) is 61.3 Å². The quantitative estimate of drug-likeness (QED) is 0.238. The van der Waals surface area contributed by atoms with E-state index in [4.69, 9.17) is 21.1 Å². The minimum absolute atomic E-state index is 0.227. The third-order valence-electron chi connectivity index (χ3n) is 5.64. The fourth-order valence-corrected chi connectivity index (χ4v) is 3.78. The van der Waals surface area contributed by atoms with Crippen molar-refractivity contribution >= 4 is 41.2 Å². The number of anilines is 1. The third-order valence-corrected chi connectivity index (χ3v) is 5.97. The summed E-state index contributed by atoms with van der Waals surface area (Å²) in [5.74, 6) is -0.885. The number of ether oxygens (including phenoxy) is 2. The van der Waals surface area contributed by atoms with E-state index in [1.165, 1.54) is 13.3 Å². The molecule has 204 valence electrons. The number of rotatable bonds is 11. The first-order valence-corrected chi connectivity index (χ1v) is 12.6. The fraction of sp³-hybridized carbons (Fsp3) is 0.241. The van der Waals surface area contributed by atoms with E-state index in [1.807, 2.05) is 19.1 Å². The molecule has 3 N–H and O–H groups in total. The van der Waals surface area contributed by atoms with Gasteiger partial charge in [0.2, 0.25) is 0 Å². The fourth-order valence-electron chi connectivity index (χ4n) is 3.56. The summed E-state index contributed by atoms with van der Waals surface area (Å²) in [6.07, 6.45) is 1.38. The smallest absolute Gasteiger partial charge is 0.262 e. The van der Waals surface area contributed by atoms with Crippen LogP contribution in [-0.4, -0.2) is 43.7 Å². The largest absolute Gasteiger partial charge is 0.493 e. The average Bonchev–Trinajstić information content (AvgIpc) is 2.91. The van der Waals surface area contributed by atoms with Crippen LogP contribution >= 0.6 is 11.6 Å². The van der Waals surface area contributed by atoms with Crippen molar-refractivity contribution in [3.05, 3.63) is 88.4 Å². The number of aryl methyl sites for hydroxylation is 1. The van der Waals surface area contributed by atoms with Gasteiger partial charge in [0.05, 0.1) is 23.9 Å². The second-order valence-corrected chi connectivity index (χ2v) is 9.40. The SMILES string of the molecule is COc1cccc(C=NNC(=O)C(NC(=O)c2ccccc2Cl)C(C)C)c1OCC(=O)Nc1ccc(C)cc1. The number of nitrogens with one attached hydrogen (secondary N) is 3. The minimum atomic E-state index is -0.863. The molecule has 0 saturated carbocycles. The maximum atomic E-state index is 12.9. The molecular weight excluding hydrogens is 520 g/mol. The van der Waals surface area contributed by atoms with Crippen molar-refractivity contribution in [3.63, 3.8) is 0 Å². The van der Waals surface area contributed by atoms with Crippen LogP contribution in [0.4, 0.5) is 5.69 Å². The van der Waals surface area contributed by atoms with Crippen LogP contribution in [0, 0.1) is 12.8 Å². The molecule has 0 aliphatic rings. The molecule has 0 heterocycles. The van der Waals surface area contributed by atoms with Gasteiger partial charge >= 0.3 is 0 Å². The molecule has 3 rings (SSSR count). The maximum absolute atomic E-state index is 12.9. The number of halogens is 1. The summed E-state index contributed by atoms with van der Waals surface area (Å²) in [6, 6.07) is 18.2. The number of methoxy groups -OCH3 is 1. The van der Waals surface area contributed by atoms with Crippen LogP contribution in [0.5, 0.6) is 11.5 Å². The molecular formula is C29H31ClN4O5. The summed E-state index contributed by atoms with van der Waals surface area (Å²) in [4.78, 5) is 38.0. The van der Waals surface area contributed by atoms with E-state index in [1.54, 1.807) is 68.4 Å². The van der Waals surface area contributed by atoms with Crippen molar-refractivity contribution in [2.75, 3.05) is 19.0 Å². The number of hydrazone groups is 1. The minimum Gasteiger partial charge on any atom is -0.493 e. The molecule has 1 unspecified atom stereocenters. The molecule has 0 spiro atoms. The second-order valence-electron chi connectivity index (χ2n) is 8.99. The van der Waals surface area contributed by atoms with Gasteiger partial charge in [0.1, 0.15) is 6.04 Å². The van der Waals surface area contributed by atoms with E-state index >= 15 is 0 Å². The zero-order valence-corrected chi connectivity index (χ0v) is 22.9. The van der Waals surface area contributed by atoms with E-state index in [0.717, 1.165) is 5.56 Å². The Morgan fingerprint density at radius 2 is 1.72 bits per heavy atom. The van der Waals surface area contributed by atoms with Gasteiger partial charge in [0.25, 0.3) is 17.7 Å². The van der Waals surface area contributed by atoms with Crippen molar-refractivity contribution in [2.24, 2.45) is 11.0 Å². The monoisotopic (exact) mass is 550 g/mol. The number of hydrogen-bond donors (Lipinski definition) is 3. The number of para-hydroxylation sites is 1. The molecule has 0 radical (unpaired) electrons. The molecule has 0 saturated heterocycles. The van der Waals surface area contributed by atoms with Gasteiger partial charge in [-0.3, -0.25) is 14.4 Å². The highest BCUT2D eigenvalue weighted by Gasteiger charge is 2.25. The summed E-state index contributed by atoms with van der Waals surface area (Å²) in [6.45, 7) is 5.29. The predicted octanol–water partition coefficient (Wildman–Crippen LogP) is 4.58. The number of carbonyl (C=O) groups is 3. The number of amides is 3. The van der Waals surface area contributed by atoms with Gasteiger partial charge in [0.15, 0.2) is 18.1 Å². The standard InChI is InChI=1S/C29H31ClN4O5/c1-18(2)26(33-28(36)22-9-5-6-10-23(22)30)29(37)34-31-16-20-8-7-11-24(38-4)27(20)39-17-25(35)32-21-14-12-19(3)13-15-21/h5-16,18,26H,17H2,1-4H3,(H,32,35)(H,33,36)(H,34,37). The normalized spacial score (nSPS) is 11.6. The van der Waals surface area contributed by atoms with Crippen LogP contribution in [0.25, 0.3) is 0 Å². The first-order chi connectivity index (χ1) is 18.7. The molecule has 3 amide bonds. The van der Waals surface area contributed by atoms with E-state index in [2.05, 4.69) is 21.2 Å². The molecule has 0 bridgehead atoms. The lowest BCUT2D eigenvalue weighted by molar-refractivity contribution is -0.124. The van der Waals surface area contributed by atoms with Crippen molar-refractivity contribution < 1.29 is 23.9 Å². The van der Waals surface area contributed by atoms with Gasteiger partial charge in [-0.15, -0.1) is 0 Å². The zero-order valence-electron chi connectivity index (χ0n) is 22.2. The number of nitrogens with zero attached hydrogens (tertiary/aromatic N) is 1. The highest BCUT2D eigenvalue weighted by Crippen LogP contribution is 2.30. The lowest BCUT2D eigenvalue weighted by atomic mass is 10.0. The molecule has 1 atom stereocenters. The molecule has 0 aromatic heterocycles. The van der Waals surface area contributed by atoms with Crippen molar-refractivity contribution in [1.29, 1.82) is 0 Å². The third kappa shape index (κ3) is 8.31. The summed E-state index contributed by atoms with van der Waals surface area (Å²) < 4.78 is 11.1. The average molecular weight is 551 g/mol. The molecule has 3 aromatic rings. The first kappa shape index (κ1) is 29.2. The Bertz CT molecular complexity index is 1340. The molecule has 0 aliphatic carbocycles. The molecule has 39 heavy (non-hydrogen) atoms. The summed E-state index contributed by atoms with van der Waals surface area (Å²) in [5, 5.41) is 9.81. The molecule has 9 nitrogen and oxygen atoms in total. The Hall–Kier alpha value is -4.37. The topological polar surface area (TPSA) is 118 Å². The van der Waals surface area contributed by atoms with Crippen LogP contribution in [0.1, 0.15) is 35.3 Å². The Balaban J connectivity index is 1.66. The Morgan fingerprint density at radius 3 is 2.38 bits per heavy atom. The van der Waals surface area contributed by atoms with Crippen LogP contribution in [-0.2, 0) is 9.59 Å². The Morgan fingerprint density at radius 1 is 1.00 bits per heavy atom. The summed E-state index contributed by atoms with van der Waals surface area (Å²) >= 11 is 6.11. The van der Waals surface area contributed by atoms with Crippen LogP contribution in [0.3, 0.4) is 0 Å². The van der Waals surface area contributed by atoms with Gasteiger partial charge < -0.3 is 20.1 Å². The Kier molecular flexibility index (Phi) is 10.5. The second kappa shape index (κ2) is 14.0. The van der Waals surface area contributed by atoms with Gasteiger partial charge in [0, 0.05) is 11.3 Å². The molecule has 10 heteroatoms. The molecule has 3 aromatic carbocycles. The highest BCUT2D eigenvalue weighted by molar-refractivity contribution is 6.33. The zero-order chi connectivity index (χ0) is 28.4. The maximum Gasteiger partial charge on any atom is 0.262 e. The van der Waals surface area contributed by atoms with E-state index in [9.17, 15) is 14.4 Å². The first-order valence-electron chi connectivity index (χ1n) is 12.2.